The third-order valence-corrected chi connectivity index (χ3v) is 8.93. The van der Waals surface area contributed by atoms with E-state index in [0.717, 1.165) is 59.6 Å². The van der Waals surface area contributed by atoms with Gasteiger partial charge in [-0.25, -0.2) is 4.98 Å². The molecule has 0 bridgehead atoms. The summed E-state index contributed by atoms with van der Waals surface area (Å²) in [5.41, 5.74) is 17.7. The van der Waals surface area contributed by atoms with E-state index >= 15 is 0 Å². The highest BCUT2D eigenvalue weighted by Gasteiger charge is 2.33. The van der Waals surface area contributed by atoms with Crippen LogP contribution in [0.3, 0.4) is 0 Å². The Hall–Kier alpha value is -4.15. The van der Waals surface area contributed by atoms with Crippen LogP contribution in [0.15, 0.2) is 54.7 Å². The van der Waals surface area contributed by atoms with Crippen molar-refractivity contribution in [1.29, 1.82) is 0 Å². The van der Waals surface area contributed by atoms with E-state index in [9.17, 15) is 9.59 Å². The summed E-state index contributed by atoms with van der Waals surface area (Å²) in [6.07, 6.45) is 3.56. The second-order valence-corrected chi connectivity index (χ2v) is 11.9. The van der Waals surface area contributed by atoms with E-state index in [1.54, 1.807) is 6.20 Å². The zero-order valence-corrected chi connectivity index (χ0v) is 26.8. The molecule has 0 aliphatic carbocycles. The molecule has 240 valence electrons. The highest BCUT2D eigenvalue weighted by Crippen LogP contribution is 2.35. The zero-order valence-electron chi connectivity index (χ0n) is 26.8. The van der Waals surface area contributed by atoms with Crippen LogP contribution in [0.25, 0.3) is 11.1 Å². The van der Waals surface area contributed by atoms with Crippen molar-refractivity contribution < 1.29 is 14.3 Å². The Morgan fingerprint density at radius 3 is 2.58 bits per heavy atom. The number of piperazine rings is 1. The molecule has 3 heterocycles. The van der Waals surface area contributed by atoms with E-state index < -0.39 is 0 Å². The van der Waals surface area contributed by atoms with Gasteiger partial charge in [0.25, 0.3) is 11.8 Å². The maximum atomic E-state index is 14.1. The molecule has 1 unspecified atom stereocenters. The molecule has 10 heteroatoms. The van der Waals surface area contributed by atoms with Gasteiger partial charge in [-0.15, -0.1) is 0 Å². The minimum Gasteiger partial charge on any atom is -0.478 e. The van der Waals surface area contributed by atoms with Crippen molar-refractivity contribution in [1.82, 2.24) is 15.2 Å². The molecule has 2 amide bonds. The fraction of sp³-hybridized carbons (Fsp3) is 0.457. The Bertz CT molecular complexity index is 1500. The molecular weight excluding hydrogens is 566 g/mol. The number of rotatable bonds is 11. The number of aryl methyl sites for hydroxylation is 1. The van der Waals surface area contributed by atoms with Crippen molar-refractivity contribution in [2.45, 2.75) is 39.7 Å². The molecule has 2 aliphatic heterocycles. The molecule has 2 aromatic carbocycles. The monoisotopic (exact) mass is 613 g/mol. The lowest BCUT2D eigenvalue weighted by Gasteiger charge is -2.43. The molecule has 0 radical (unpaired) electrons. The summed E-state index contributed by atoms with van der Waals surface area (Å²) in [7, 11) is 0. The third-order valence-electron chi connectivity index (χ3n) is 8.93. The van der Waals surface area contributed by atoms with E-state index in [1.807, 2.05) is 54.3 Å². The van der Waals surface area contributed by atoms with Gasteiger partial charge in [0, 0.05) is 75.0 Å². The number of ether oxygens (including phenoxy) is 1. The van der Waals surface area contributed by atoms with Gasteiger partial charge in [-0.2, -0.15) is 0 Å². The number of nitrogens with two attached hydrogens (primary N) is 2. The van der Waals surface area contributed by atoms with Crippen molar-refractivity contribution in [3.63, 3.8) is 0 Å². The van der Waals surface area contributed by atoms with Crippen LogP contribution in [0.5, 0.6) is 5.88 Å². The number of pyridine rings is 1. The topological polar surface area (TPSA) is 130 Å². The lowest BCUT2D eigenvalue weighted by atomic mass is 9.99. The first-order valence-corrected chi connectivity index (χ1v) is 16.2. The van der Waals surface area contributed by atoms with Gasteiger partial charge in [-0.05, 0) is 86.7 Å². The number of nitrogens with zero attached hydrogens (tertiary/aromatic N) is 4. The first kappa shape index (κ1) is 32.2. The highest BCUT2D eigenvalue weighted by molar-refractivity contribution is 6.02. The Morgan fingerprint density at radius 2 is 1.84 bits per heavy atom. The molecule has 2 aliphatic rings. The van der Waals surface area contributed by atoms with Crippen LogP contribution in [0, 0.1) is 12.8 Å². The van der Waals surface area contributed by atoms with E-state index in [2.05, 4.69) is 40.0 Å². The molecule has 0 saturated carbocycles. The molecule has 1 aromatic heterocycles. The van der Waals surface area contributed by atoms with Crippen LogP contribution in [0.4, 0.5) is 11.4 Å². The van der Waals surface area contributed by atoms with Crippen LogP contribution >= 0.6 is 0 Å². The van der Waals surface area contributed by atoms with Gasteiger partial charge in [0.2, 0.25) is 5.88 Å². The number of hydrogen-bond donors (Lipinski definition) is 3. The summed E-state index contributed by atoms with van der Waals surface area (Å²) in [6.45, 7) is 11.5. The quantitative estimate of drug-likeness (QED) is 0.299. The van der Waals surface area contributed by atoms with E-state index in [-0.39, 0.29) is 17.9 Å². The Kier molecular flexibility index (Phi) is 10.6. The maximum absolute atomic E-state index is 14.1. The average molecular weight is 614 g/mol. The molecule has 2 saturated heterocycles. The fourth-order valence-electron chi connectivity index (χ4n) is 6.48. The Balaban J connectivity index is 1.42. The maximum Gasteiger partial charge on any atom is 0.256 e. The second kappa shape index (κ2) is 14.8. The highest BCUT2D eigenvalue weighted by atomic mass is 16.5. The number of carbonyl (C=O) groups is 2. The Morgan fingerprint density at radius 1 is 1.00 bits per heavy atom. The van der Waals surface area contributed by atoms with Crippen LogP contribution < -0.4 is 31.3 Å². The first-order chi connectivity index (χ1) is 21.9. The lowest BCUT2D eigenvalue weighted by Crippen LogP contribution is -2.55. The summed E-state index contributed by atoms with van der Waals surface area (Å²) in [5, 5.41) is 2.96. The summed E-state index contributed by atoms with van der Waals surface area (Å²) in [5.74, 6) is 0.851. The molecule has 3 aromatic rings. The first-order valence-electron chi connectivity index (χ1n) is 16.2. The van der Waals surface area contributed by atoms with Gasteiger partial charge in [0.15, 0.2) is 0 Å². The van der Waals surface area contributed by atoms with Crippen LogP contribution in [-0.2, 0) is 0 Å². The van der Waals surface area contributed by atoms with Crippen molar-refractivity contribution in [3.8, 4) is 17.0 Å². The fourth-order valence-corrected chi connectivity index (χ4v) is 6.48. The number of carbonyl (C=O) groups excluding carboxylic acids is 2. The normalized spacial score (nSPS) is 18.3. The van der Waals surface area contributed by atoms with Crippen LogP contribution in [0.2, 0.25) is 0 Å². The van der Waals surface area contributed by atoms with Gasteiger partial charge in [0.1, 0.15) is 0 Å². The van der Waals surface area contributed by atoms with E-state index in [0.29, 0.717) is 63.2 Å². The summed E-state index contributed by atoms with van der Waals surface area (Å²) < 4.78 is 5.78. The van der Waals surface area contributed by atoms with Gasteiger partial charge >= 0.3 is 0 Å². The van der Waals surface area contributed by atoms with E-state index in [4.69, 9.17) is 16.2 Å². The van der Waals surface area contributed by atoms with Gasteiger partial charge in [-0.3, -0.25) is 9.59 Å². The van der Waals surface area contributed by atoms with Gasteiger partial charge in [-0.1, -0.05) is 19.1 Å². The van der Waals surface area contributed by atoms with Crippen molar-refractivity contribution >= 4 is 23.2 Å². The Labute approximate surface area is 266 Å². The summed E-state index contributed by atoms with van der Waals surface area (Å²) in [6, 6.07) is 15.9. The SMILES string of the molecule is CCOc1ncccc1-c1ccc(N2CCN(C(=O)c3ccc(C)cc3N3CCC(CN)C3)C[C@H]2CC)c(C(=O)NCCN)c1. The van der Waals surface area contributed by atoms with Crippen LogP contribution in [-0.4, -0.2) is 86.7 Å². The molecule has 5 rings (SSSR count). The van der Waals surface area contributed by atoms with Crippen molar-refractivity contribution in [2.24, 2.45) is 17.4 Å². The lowest BCUT2D eigenvalue weighted by molar-refractivity contribution is 0.0720. The number of nitrogens with one attached hydrogen (secondary N) is 1. The summed E-state index contributed by atoms with van der Waals surface area (Å²) in [4.78, 5) is 38.6. The van der Waals surface area contributed by atoms with Gasteiger partial charge in [0.05, 0.1) is 17.7 Å². The molecule has 2 fully saturated rings. The number of amides is 2. The molecule has 0 spiro atoms. The predicted molar refractivity (Wildman–Crippen MR) is 180 cm³/mol. The zero-order chi connectivity index (χ0) is 31.9. The molecule has 10 nitrogen and oxygen atoms in total. The minimum atomic E-state index is -0.182. The van der Waals surface area contributed by atoms with Crippen molar-refractivity contribution in [3.05, 3.63) is 71.4 Å². The minimum absolute atomic E-state index is 0.0364. The third kappa shape index (κ3) is 7.07. The standard InChI is InChI=1S/C35H47N7O3/c1-4-27-23-41(35(44)29-10-8-24(3)19-32(29)40-16-12-25(21-37)22-40)17-18-42(27)31-11-9-26(20-30(31)33(43)38-15-13-36)28-7-6-14-39-34(28)45-5-2/h6-11,14,19-20,25,27H,4-5,12-13,15-18,21-23,36-37H2,1-3H3,(H,38,43)/t25?,27-/m1/s1. The number of anilines is 2. The average Bonchev–Trinajstić information content (AvgIpc) is 3.56. The number of aromatic nitrogens is 1. The van der Waals surface area contributed by atoms with E-state index in [1.165, 1.54) is 0 Å². The summed E-state index contributed by atoms with van der Waals surface area (Å²) >= 11 is 0. The molecule has 2 atom stereocenters. The smallest absolute Gasteiger partial charge is 0.256 e. The van der Waals surface area contributed by atoms with Gasteiger partial charge < -0.3 is 36.2 Å². The number of benzene rings is 2. The second-order valence-electron chi connectivity index (χ2n) is 11.9. The van der Waals surface area contributed by atoms with Crippen molar-refractivity contribution in [2.75, 3.05) is 68.8 Å². The molecule has 45 heavy (non-hydrogen) atoms. The largest absolute Gasteiger partial charge is 0.478 e. The predicted octanol–water partition coefficient (Wildman–Crippen LogP) is 3.67. The molecule has 5 N–H and O–H groups in total. The number of hydrogen-bond acceptors (Lipinski definition) is 8. The van der Waals surface area contributed by atoms with Crippen LogP contribution in [0.1, 0.15) is 53.0 Å². The molecular formula is C35H47N7O3.